The van der Waals surface area contributed by atoms with E-state index in [1.54, 1.807) is 30.3 Å². The highest BCUT2D eigenvalue weighted by molar-refractivity contribution is 5.97. The summed E-state index contributed by atoms with van der Waals surface area (Å²) >= 11 is 0. The smallest absolute Gasteiger partial charge is 0.243 e. The van der Waals surface area contributed by atoms with Gasteiger partial charge in [-0.2, -0.15) is 0 Å². The van der Waals surface area contributed by atoms with Crippen molar-refractivity contribution in [3.05, 3.63) is 35.9 Å². The van der Waals surface area contributed by atoms with Gasteiger partial charge in [0.15, 0.2) is 0 Å². The number of carbonyl (C=O) groups excluding carboxylic acids is 9. The van der Waals surface area contributed by atoms with E-state index in [0.717, 1.165) is 0 Å². The predicted molar refractivity (Wildman–Crippen MR) is 183 cm³/mol. The van der Waals surface area contributed by atoms with Crippen LogP contribution < -0.4 is 48.3 Å². The summed E-state index contributed by atoms with van der Waals surface area (Å²) in [6.07, 6.45) is 0.447. The molecule has 1 heterocycles. The van der Waals surface area contributed by atoms with Gasteiger partial charge in [-0.25, -0.2) is 0 Å². The zero-order chi connectivity index (χ0) is 37.9. The number of nitrogens with one attached hydrogen (secondary N) is 8. The maximum atomic E-state index is 13.7. The van der Waals surface area contributed by atoms with Gasteiger partial charge in [0.05, 0.1) is 26.1 Å². The SMILES string of the molecule is CC(=O)NCC(=O)NC1CC(=O)NCCCCC(C(N)=O)NC(=O)CNC(=O)CNC(=O)C(Cc2ccccc2)NC(=O)[C@H](CC(C)C)NC1=O. The molecule has 0 aromatic heterocycles. The minimum Gasteiger partial charge on any atom is -0.368 e. The minimum absolute atomic E-state index is 0.0152. The molecule has 0 aliphatic carbocycles. The van der Waals surface area contributed by atoms with E-state index < -0.39 is 103 Å². The Morgan fingerprint density at radius 1 is 0.804 bits per heavy atom. The van der Waals surface area contributed by atoms with Crippen molar-refractivity contribution in [1.29, 1.82) is 0 Å². The summed E-state index contributed by atoms with van der Waals surface area (Å²) in [6.45, 7) is 3.42. The van der Waals surface area contributed by atoms with E-state index >= 15 is 0 Å². The zero-order valence-corrected chi connectivity index (χ0v) is 29.1. The molecule has 1 aromatic carbocycles. The molecule has 280 valence electrons. The van der Waals surface area contributed by atoms with Crippen molar-refractivity contribution in [2.24, 2.45) is 11.7 Å². The van der Waals surface area contributed by atoms with Gasteiger partial charge in [-0.3, -0.25) is 43.2 Å². The fourth-order valence-corrected chi connectivity index (χ4v) is 4.99. The molecule has 2 rings (SSSR count). The Balaban J connectivity index is 2.39. The topological polar surface area (TPSA) is 276 Å². The van der Waals surface area contributed by atoms with Gasteiger partial charge in [-0.15, -0.1) is 0 Å². The highest BCUT2D eigenvalue weighted by atomic mass is 16.2. The van der Waals surface area contributed by atoms with Crippen LogP contribution in [0.15, 0.2) is 30.3 Å². The van der Waals surface area contributed by atoms with Crippen molar-refractivity contribution in [3.8, 4) is 0 Å². The molecule has 0 radical (unpaired) electrons. The van der Waals surface area contributed by atoms with Gasteiger partial charge in [-0.05, 0) is 37.2 Å². The summed E-state index contributed by atoms with van der Waals surface area (Å²) in [5.74, 6) is -6.54. The van der Waals surface area contributed by atoms with Crippen LogP contribution in [0.25, 0.3) is 0 Å². The number of hydrogen-bond donors (Lipinski definition) is 9. The minimum atomic E-state index is -1.45. The zero-order valence-electron chi connectivity index (χ0n) is 29.1. The summed E-state index contributed by atoms with van der Waals surface area (Å²) in [4.78, 5) is 114. The van der Waals surface area contributed by atoms with Crippen molar-refractivity contribution >= 4 is 53.2 Å². The second-order valence-electron chi connectivity index (χ2n) is 12.5. The van der Waals surface area contributed by atoms with Crippen molar-refractivity contribution in [2.75, 3.05) is 26.2 Å². The van der Waals surface area contributed by atoms with Crippen LogP contribution in [0.1, 0.15) is 58.4 Å². The van der Waals surface area contributed by atoms with Crippen LogP contribution in [-0.4, -0.2) is 104 Å². The highest BCUT2D eigenvalue weighted by Gasteiger charge is 2.31. The molecule has 18 nitrogen and oxygen atoms in total. The first-order valence-electron chi connectivity index (χ1n) is 16.7. The third-order valence-corrected chi connectivity index (χ3v) is 7.58. The van der Waals surface area contributed by atoms with Crippen LogP contribution in [0.4, 0.5) is 0 Å². The Bertz CT molecular complexity index is 1420. The first kappa shape index (κ1) is 41.6. The quantitative estimate of drug-likeness (QED) is 0.131. The maximum absolute atomic E-state index is 13.7. The molecule has 51 heavy (non-hydrogen) atoms. The molecule has 1 fully saturated rings. The Hall–Kier alpha value is -5.55. The Kier molecular flexibility index (Phi) is 17.6. The summed E-state index contributed by atoms with van der Waals surface area (Å²) < 4.78 is 0. The molecule has 18 heteroatoms. The lowest BCUT2D eigenvalue weighted by Crippen LogP contribution is -2.58. The fourth-order valence-electron chi connectivity index (χ4n) is 4.99. The first-order chi connectivity index (χ1) is 24.1. The molecule has 1 aliphatic rings. The molecule has 1 aliphatic heterocycles. The van der Waals surface area contributed by atoms with Crippen LogP contribution in [0.3, 0.4) is 0 Å². The van der Waals surface area contributed by atoms with E-state index in [1.165, 1.54) is 6.92 Å². The Morgan fingerprint density at radius 3 is 2.12 bits per heavy atom. The molecule has 0 spiro atoms. The maximum Gasteiger partial charge on any atom is 0.243 e. The molecule has 3 unspecified atom stereocenters. The van der Waals surface area contributed by atoms with Gasteiger partial charge in [0.2, 0.25) is 53.2 Å². The normalized spacial score (nSPS) is 22.2. The standard InChI is InChI=1S/C33H49N9O9/c1-19(2)13-23-32(50)42-24(14-21-9-5-4-6-10-21)31(49)38-16-27(45)37-18-29(47)39-22(30(34)48)11-7-8-12-35-26(44)15-25(33(51)41-23)40-28(46)17-36-20(3)43/h4-6,9-10,19,22-25H,7-8,11-18H2,1-3H3,(H2,34,48)(H,35,44)(H,36,43)(H,37,45)(H,38,49)(H,39,47)(H,40,46)(H,41,51)(H,42,50)/t22?,23-,24?,25?/m0/s1. The van der Waals surface area contributed by atoms with Crippen LogP contribution in [0, 0.1) is 5.92 Å². The second kappa shape index (κ2) is 21.5. The number of carbonyl (C=O) groups is 9. The monoisotopic (exact) mass is 715 g/mol. The van der Waals surface area contributed by atoms with E-state index in [0.29, 0.717) is 18.4 Å². The molecule has 9 amide bonds. The van der Waals surface area contributed by atoms with E-state index in [1.807, 2.05) is 13.8 Å². The van der Waals surface area contributed by atoms with Crippen LogP contribution in [0.5, 0.6) is 0 Å². The van der Waals surface area contributed by atoms with Gasteiger partial charge in [0.1, 0.15) is 24.2 Å². The first-order valence-corrected chi connectivity index (χ1v) is 16.7. The van der Waals surface area contributed by atoms with Crippen LogP contribution >= 0.6 is 0 Å². The van der Waals surface area contributed by atoms with Gasteiger partial charge in [0, 0.05) is 19.9 Å². The molecule has 10 N–H and O–H groups in total. The van der Waals surface area contributed by atoms with Crippen molar-refractivity contribution in [2.45, 2.75) is 83.5 Å². The van der Waals surface area contributed by atoms with Crippen molar-refractivity contribution < 1.29 is 43.2 Å². The number of rotatable bonds is 8. The number of nitrogens with two attached hydrogens (primary N) is 1. The molecular weight excluding hydrogens is 666 g/mol. The van der Waals surface area contributed by atoms with Gasteiger partial charge in [0.25, 0.3) is 0 Å². The summed E-state index contributed by atoms with van der Waals surface area (Å²) in [5.41, 5.74) is 6.10. The summed E-state index contributed by atoms with van der Waals surface area (Å²) in [6, 6.07) is 3.81. The van der Waals surface area contributed by atoms with Crippen LogP contribution in [-0.2, 0) is 49.6 Å². The number of benzene rings is 1. The molecule has 1 saturated heterocycles. The van der Waals surface area contributed by atoms with E-state index in [9.17, 15) is 43.2 Å². The molecule has 4 atom stereocenters. The number of primary amides is 1. The molecule has 0 saturated carbocycles. The van der Waals surface area contributed by atoms with E-state index in [2.05, 4.69) is 42.5 Å². The lowest BCUT2D eigenvalue weighted by atomic mass is 10.0. The average Bonchev–Trinajstić information content (AvgIpc) is 3.06. The van der Waals surface area contributed by atoms with Gasteiger partial charge >= 0.3 is 0 Å². The third kappa shape index (κ3) is 16.6. The lowest BCUT2D eigenvalue weighted by molar-refractivity contribution is -0.135. The van der Waals surface area contributed by atoms with Gasteiger partial charge < -0.3 is 48.3 Å². The summed E-state index contributed by atoms with van der Waals surface area (Å²) in [5, 5.41) is 19.8. The summed E-state index contributed by atoms with van der Waals surface area (Å²) in [7, 11) is 0. The lowest BCUT2D eigenvalue weighted by Gasteiger charge is -2.26. The predicted octanol–water partition coefficient (Wildman–Crippen LogP) is -3.24. The van der Waals surface area contributed by atoms with E-state index in [-0.39, 0.29) is 31.7 Å². The van der Waals surface area contributed by atoms with Crippen molar-refractivity contribution in [3.63, 3.8) is 0 Å². The number of amides is 9. The number of hydrogen-bond acceptors (Lipinski definition) is 9. The Morgan fingerprint density at radius 2 is 1.47 bits per heavy atom. The van der Waals surface area contributed by atoms with Crippen LogP contribution in [0.2, 0.25) is 0 Å². The molecule has 1 aromatic rings. The van der Waals surface area contributed by atoms with E-state index in [4.69, 9.17) is 5.73 Å². The van der Waals surface area contributed by atoms with Crippen molar-refractivity contribution in [1.82, 2.24) is 42.5 Å². The molecule has 0 bridgehead atoms. The average molecular weight is 716 g/mol. The largest absolute Gasteiger partial charge is 0.368 e. The second-order valence-corrected chi connectivity index (χ2v) is 12.5. The highest BCUT2D eigenvalue weighted by Crippen LogP contribution is 2.09. The molecular formula is C33H49N9O9. The van der Waals surface area contributed by atoms with Gasteiger partial charge in [-0.1, -0.05) is 44.2 Å². The third-order valence-electron chi connectivity index (χ3n) is 7.58. The Labute approximate surface area is 295 Å². The fraction of sp³-hybridized carbons (Fsp3) is 0.545.